The first-order valence-electron chi connectivity index (χ1n) is 20.5. The molecule has 7 aromatic rings. The van der Waals surface area contributed by atoms with Crippen LogP contribution in [0.5, 0.6) is 0 Å². The van der Waals surface area contributed by atoms with Crippen molar-refractivity contribution in [2.75, 3.05) is 6.61 Å². The molecule has 1 aromatic heterocycles. The molecule has 0 N–H and O–H groups in total. The molecule has 0 spiro atoms. The van der Waals surface area contributed by atoms with Gasteiger partial charge in [-0.1, -0.05) is 151 Å². The minimum atomic E-state index is -0.558. The van der Waals surface area contributed by atoms with E-state index in [4.69, 9.17) is 35.3 Å². The standard InChI is InChI=1S/C51H51ClN2O5/c1-36(2)54-46-26-23-41(28-44(46)30-53-54)27-43-29-42(24-25-45(43)52)48-50(57-33-39-19-11-5-12-20-39)51(58-34-40-21-13-6-14-22-40)49(56-32-38-17-9-4-10-18-38)47(59-48)35-55-31-37-15-7-3-8-16-37/h3-26,28-30,36,47-51H,27,31-35H2,1-2H3/t47-,48+,49-,50+,51+/m1/s1. The van der Waals surface area contributed by atoms with Crippen LogP contribution in [0.25, 0.3) is 10.9 Å². The zero-order valence-corrected chi connectivity index (χ0v) is 34.4. The lowest BCUT2D eigenvalue weighted by molar-refractivity contribution is -0.275. The Kier molecular flexibility index (Phi) is 13.6. The van der Waals surface area contributed by atoms with Crippen molar-refractivity contribution < 1.29 is 23.7 Å². The van der Waals surface area contributed by atoms with Gasteiger partial charge in [0.25, 0.3) is 0 Å². The van der Waals surface area contributed by atoms with Crippen LogP contribution in [0, 0.1) is 0 Å². The second-order valence-electron chi connectivity index (χ2n) is 15.5. The van der Waals surface area contributed by atoms with Crippen LogP contribution in [-0.2, 0) is 56.5 Å². The van der Waals surface area contributed by atoms with Crippen LogP contribution >= 0.6 is 11.6 Å². The van der Waals surface area contributed by atoms with Crippen molar-refractivity contribution in [1.82, 2.24) is 9.78 Å². The first-order chi connectivity index (χ1) is 29.0. The van der Waals surface area contributed by atoms with Gasteiger partial charge in [0.05, 0.1) is 44.7 Å². The van der Waals surface area contributed by atoms with Crippen LogP contribution in [-0.4, -0.2) is 40.8 Å². The molecule has 5 atom stereocenters. The number of fused-ring (bicyclic) bond motifs is 1. The van der Waals surface area contributed by atoms with Crippen LogP contribution in [0.3, 0.4) is 0 Å². The van der Waals surface area contributed by atoms with Crippen LogP contribution < -0.4 is 0 Å². The number of hydrogen-bond acceptors (Lipinski definition) is 6. The maximum Gasteiger partial charge on any atom is 0.117 e. The van der Waals surface area contributed by atoms with Crippen molar-refractivity contribution in [2.24, 2.45) is 0 Å². The number of benzene rings is 6. The summed E-state index contributed by atoms with van der Waals surface area (Å²) in [4.78, 5) is 0. The predicted molar refractivity (Wildman–Crippen MR) is 233 cm³/mol. The Morgan fingerprint density at radius 2 is 1.14 bits per heavy atom. The van der Waals surface area contributed by atoms with Crippen LogP contribution in [0.15, 0.2) is 164 Å². The molecular formula is C51H51ClN2O5. The van der Waals surface area contributed by atoms with E-state index in [9.17, 15) is 0 Å². The van der Waals surface area contributed by atoms with E-state index in [0.717, 1.165) is 49.8 Å². The van der Waals surface area contributed by atoms with E-state index in [1.807, 2.05) is 91.1 Å². The van der Waals surface area contributed by atoms with Crippen LogP contribution in [0.1, 0.15) is 64.9 Å². The summed E-state index contributed by atoms with van der Waals surface area (Å²) in [5.41, 5.74) is 8.44. The SMILES string of the molecule is CC(C)n1ncc2cc(Cc3cc([C@@H]4O[C@H](COCc5ccccc5)[C@@H](OCc5ccccc5)[C@H](OCc5ccccc5)[C@H]4OCc4ccccc4)ccc3Cl)ccc21. The molecular weight excluding hydrogens is 756 g/mol. The van der Waals surface area contributed by atoms with Gasteiger partial charge < -0.3 is 23.7 Å². The van der Waals surface area contributed by atoms with Crippen molar-refractivity contribution in [3.8, 4) is 0 Å². The van der Waals surface area contributed by atoms with E-state index in [1.54, 1.807) is 0 Å². The van der Waals surface area contributed by atoms with E-state index in [0.29, 0.717) is 37.9 Å². The molecule has 0 saturated carbocycles. The van der Waals surface area contributed by atoms with Crippen molar-refractivity contribution in [1.29, 1.82) is 0 Å². The molecule has 302 valence electrons. The zero-order chi connectivity index (χ0) is 40.4. The van der Waals surface area contributed by atoms with Gasteiger partial charge in [-0.05, 0) is 77.4 Å². The lowest BCUT2D eigenvalue weighted by atomic mass is 9.89. The second kappa shape index (κ2) is 19.8. The van der Waals surface area contributed by atoms with Gasteiger partial charge >= 0.3 is 0 Å². The van der Waals surface area contributed by atoms with Crippen LogP contribution in [0.4, 0.5) is 0 Å². The summed E-state index contributed by atoms with van der Waals surface area (Å²) in [6, 6.07) is 53.8. The maximum atomic E-state index is 7.21. The molecule has 59 heavy (non-hydrogen) atoms. The van der Waals surface area contributed by atoms with Crippen molar-refractivity contribution in [3.05, 3.63) is 208 Å². The molecule has 7 nitrogen and oxygen atoms in total. The lowest BCUT2D eigenvalue weighted by Gasteiger charge is -2.46. The van der Waals surface area contributed by atoms with Gasteiger partial charge in [-0.3, -0.25) is 4.68 Å². The fourth-order valence-corrected chi connectivity index (χ4v) is 7.99. The summed E-state index contributed by atoms with van der Waals surface area (Å²) >= 11 is 7.00. The number of aromatic nitrogens is 2. The Labute approximate surface area is 352 Å². The highest BCUT2D eigenvalue weighted by atomic mass is 35.5. The molecule has 0 amide bonds. The van der Waals surface area contributed by atoms with E-state index < -0.39 is 30.5 Å². The molecule has 8 heteroatoms. The van der Waals surface area contributed by atoms with Gasteiger partial charge in [0.1, 0.15) is 30.5 Å². The average Bonchev–Trinajstić information content (AvgIpc) is 3.71. The minimum absolute atomic E-state index is 0.272. The summed E-state index contributed by atoms with van der Waals surface area (Å²) in [5.74, 6) is 0. The van der Waals surface area contributed by atoms with Gasteiger partial charge in [0.15, 0.2) is 0 Å². The van der Waals surface area contributed by atoms with Crippen LogP contribution in [0.2, 0.25) is 5.02 Å². The van der Waals surface area contributed by atoms with Gasteiger partial charge in [0.2, 0.25) is 0 Å². The quantitative estimate of drug-likeness (QED) is 0.0913. The first-order valence-corrected chi connectivity index (χ1v) is 20.8. The molecule has 1 aliphatic rings. The summed E-state index contributed by atoms with van der Waals surface area (Å²) in [6.07, 6.45) is -0.0845. The molecule has 6 aromatic carbocycles. The molecule has 0 radical (unpaired) electrons. The number of hydrogen-bond donors (Lipinski definition) is 0. The van der Waals surface area contributed by atoms with Gasteiger partial charge in [-0.25, -0.2) is 0 Å². The molecule has 0 unspecified atom stereocenters. The molecule has 1 saturated heterocycles. The number of rotatable bonds is 17. The molecule has 0 bridgehead atoms. The highest BCUT2D eigenvalue weighted by Crippen LogP contribution is 2.40. The molecule has 0 aliphatic carbocycles. The highest BCUT2D eigenvalue weighted by molar-refractivity contribution is 6.31. The Morgan fingerprint density at radius 1 is 0.593 bits per heavy atom. The molecule has 2 heterocycles. The topological polar surface area (TPSA) is 64.0 Å². The van der Waals surface area contributed by atoms with E-state index in [-0.39, 0.29) is 12.6 Å². The van der Waals surface area contributed by atoms with Gasteiger partial charge in [-0.15, -0.1) is 0 Å². The minimum Gasteiger partial charge on any atom is -0.374 e. The number of nitrogens with zero attached hydrogens (tertiary/aromatic N) is 2. The monoisotopic (exact) mass is 806 g/mol. The third-order valence-electron chi connectivity index (χ3n) is 10.8. The lowest BCUT2D eigenvalue weighted by Crippen LogP contribution is -2.58. The Balaban J connectivity index is 1.16. The third-order valence-corrected chi connectivity index (χ3v) is 11.2. The molecule has 1 fully saturated rings. The highest BCUT2D eigenvalue weighted by Gasteiger charge is 2.49. The van der Waals surface area contributed by atoms with Gasteiger partial charge in [-0.2, -0.15) is 5.10 Å². The third kappa shape index (κ3) is 10.4. The van der Waals surface area contributed by atoms with E-state index in [2.05, 4.69) is 96.4 Å². The van der Waals surface area contributed by atoms with Crippen molar-refractivity contribution >= 4 is 22.5 Å². The number of ether oxygens (including phenoxy) is 5. The summed E-state index contributed by atoms with van der Waals surface area (Å²) in [6.45, 7) is 6.11. The Morgan fingerprint density at radius 3 is 1.71 bits per heavy atom. The van der Waals surface area contributed by atoms with Gasteiger partial charge in [0, 0.05) is 16.5 Å². The predicted octanol–water partition coefficient (Wildman–Crippen LogP) is 11.3. The smallest absolute Gasteiger partial charge is 0.117 e. The largest absolute Gasteiger partial charge is 0.374 e. The maximum absolute atomic E-state index is 7.21. The number of halogens is 1. The summed E-state index contributed by atoms with van der Waals surface area (Å²) in [7, 11) is 0. The molecule has 8 rings (SSSR count). The Hall–Kier alpha value is -5.12. The average molecular weight is 807 g/mol. The zero-order valence-electron chi connectivity index (χ0n) is 33.6. The van der Waals surface area contributed by atoms with E-state index >= 15 is 0 Å². The fraction of sp³-hybridized carbons (Fsp3) is 0.275. The van der Waals surface area contributed by atoms with Crippen molar-refractivity contribution in [3.63, 3.8) is 0 Å². The van der Waals surface area contributed by atoms with E-state index in [1.165, 1.54) is 0 Å². The normalized spacial score (nSPS) is 19.4. The second-order valence-corrected chi connectivity index (χ2v) is 15.9. The first kappa shape index (κ1) is 40.7. The molecule has 1 aliphatic heterocycles. The Bertz CT molecular complexity index is 2360. The summed E-state index contributed by atoms with van der Waals surface area (Å²) < 4.78 is 36.6. The fourth-order valence-electron chi connectivity index (χ4n) is 7.81. The van der Waals surface area contributed by atoms with Crippen molar-refractivity contribution in [2.45, 2.75) is 83.3 Å². The summed E-state index contributed by atoms with van der Waals surface area (Å²) in [5, 5.41) is 6.43.